The average Bonchev–Trinajstić information content (AvgIpc) is 3.22. The first-order chi connectivity index (χ1) is 28.3. The number of unbranched alkanes of at least 4 members (excludes halogenated alkanes) is 18. The van der Waals surface area contributed by atoms with Crippen LogP contribution in [-0.4, -0.2) is 93.1 Å². The van der Waals surface area contributed by atoms with Crippen molar-refractivity contribution in [1.82, 2.24) is 9.80 Å². The molecule has 58 heavy (non-hydrogen) atoms. The van der Waals surface area contributed by atoms with E-state index in [1.165, 1.54) is 103 Å². The number of hydrogen-bond donors (Lipinski definition) is 0. The minimum atomic E-state index is -0.625. The van der Waals surface area contributed by atoms with Crippen molar-refractivity contribution in [3.63, 3.8) is 0 Å². The SMILES string of the molecule is CCCCCCCCCC(=O)OCCN(CCOC(=O)OC(CCCCCC)CCCCC(=O)OCC(CCCCCC)CCCCCCCC)CCN(CC)CC. The van der Waals surface area contributed by atoms with Crippen molar-refractivity contribution in [2.45, 2.75) is 234 Å². The molecular formula is C49H96N2O7. The minimum absolute atomic E-state index is 0.102. The lowest BCUT2D eigenvalue weighted by Gasteiger charge is -2.26. The quantitative estimate of drug-likeness (QED) is 0.0338. The molecule has 9 heteroatoms. The highest BCUT2D eigenvalue weighted by Gasteiger charge is 2.18. The van der Waals surface area contributed by atoms with Gasteiger partial charge in [0.15, 0.2) is 0 Å². The third-order valence-corrected chi connectivity index (χ3v) is 11.6. The van der Waals surface area contributed by atoms with Crippen molar-refractivity contribution >= 4 is 18.1 Å². The fraction of sp³-hybridized carbons (Fsp3) is 0.939. The van der Waals surface area contributed by atoms with Crippen molar-refractivity contribution in [2.24, 2.45) is 5.92 Å². The number of nitrogens with zero attached hydrogens (tertiary/aromatic N) is 2. The predicted molar refractivity (Wildman–Crippen MR) is 242 cm³/mol. The second-order valence-electron chi connectivity index (χ2n) is 16.8. The third kappa shape index (κ3) is 37.2. The Kier molecular flexibility index (Phi) is 41.8. The second kappa shape index (κ2) is 43.2. The van der Waals surface area contributed by atoms with Crippen molar-refractivity contribution in [3.8, 4) is 0 Å². The Morgan fingerprint density at radius 1 is 0.414 bits per heavy atom. The van der Waals surface area contributed by atoms with Gasteiger partial charge in [-0.25, -0.2) is 4.79 Å². The molecular weight excluding hydrogens is 729 g/mol. The molecule has 0 bridgehead atoms. The number of hydrogen-bond acceptors (Lipinski definition) is 9. The molecule has 0 aliphatic rings. The van der Waals surface area contributed by atoms with E-state index < -0.39 is 6.16 Å². The number of carbonyl (C=O) groups is 3. The molecule has 0 aromatic heterocycles. The lowest BCUT2D eigenvalue weighted by Crippen LogP contribution is -2.39. The van der Waals surface area contributed by atoms with E-state index in [9.17, 15) is 14.4 Å². The maximum absolute atomic E-state index is 12.9. The summed E-state index contributed by atoms with van der Waals surface area (Å²) in [5, 5.41) is 0. The number of esters is 2. The van der Waals surface area contributed by atoms with Gasteiger partial charge in [0.25, 0.3) is 0 Å². The van der Waals surface area contributed by atoms with Gasteiger partial charge in [0, 0.05) is 39.0 Å². The van der Waals surface area contributed by atoms with E-state index in [1.807, 2.05) is 0 Å². The van der Waals surface area contributed by atoms with Crippen LogP contribution in [0.25, 0.3) is 0 Å². The molecule has 0 aromatic rings. The van der Waals surface area contributed by atoms with Crippen LogP contribution in [0.15, 0.2) is 0 Å². The summed E-state index contributed by atoms with van der Waals surface area (Å²) in [5.74, 6) is 0.241. The van der Waals surface area contributed by atoms with Crippen molar-refractivity contribution < 1.29 is 33.3 Å². The van der Waals surface area contributed by atoms with Crippen molar-refractivity contribution in [2.75, 3.05) is 59.1 Å². The second-order valence-corrected chi connectivity index (χ2v) is 16.8. The van der Waals surface area contributed by atoms with Gasteiger partial charge >= 0.3 is 18.1 Å². The van der Waals surface area contributed by atoms with Crippen LogP contribution in [0, 0.1) is 5.92 Å². The summed E-state index contributed by atoms with van der Waals surface area (Å²) in [6, 6.07) is 0. The summed E-state index contributed by atoms with van der Waals surface area (Å²) >= 11 is 0. The van der Waals surface area contributed by atoms with Gasteiger partial charge in [-0.3, -0.25) is 14.5 Å². The molecule has 0 spiro atoms. The average molecular weight is 825 g/mol. The molecule has 0 saturated carbocycles. The highest BCUT2D eigenvalue weighted by atomic mass is 16.7. The van der Waals surface area contributed by atoms with Gasteiger partial charge < -0.3 is 23.8 Å². The molecule has 0 N–H and O–H groups in total. The zero-order valence-electron chi connectivity index (χ0n) is 39.3. The van der Waals surface area contributed by atoms with E-state index in [4.69, 9.17) is 18.9 Å². The molecule has 0 radical (unpaired) electrons. The number of ether oxygens (including phenoxy) is 4. The highest BCUT2D eigenvalue weighted by molar-refractivity contribution is 5.69. The number of carbonyl (C=O) groups excluding carboxylic acids is 3. The molecule has 0 fully saturated rings. The maximum Gasteiger partial charge on any atom is 0.508 e. The van der Waals surface area contributed by atoms with E-state index >= 15 is 0 Å². The van der Waals surface area contributed by atoms with E-state index in [-0.39, 0.29) is 24.6 Å². The number of likely N-dealkylation sites (N-methyl/N-ethyl adjacent to an activating group) is 1. The van der Waals surface area contributed by atoms with Gasteiger partial charge in [0.2, 0.25) is 0 Å². The monoisotopic (exact) mass is 825 g/mol. The van der Waals surface area contributed by atoms with Gasteiger partial charge in [-0.15, -0.1) is 0 Å². The van der Waals surface area contributed by atoms with Crippen LogP contribution >= 0.6 is 0 Å². The fourth-order valence-electron chi connectivity index (χ4n) is 7.54. The normalized spacial score (nSPS) is 12.6. The van der Waals surface area contributed by atoms with Crippen LogP contribution < -0.4 is 0 Å². The van der Waals surface area contributed by atoms with Crippen LogP contribution in [0.3, 0.4) is 0 Å². The van der Waals surface area contributed by atoms with Crippen molar-refractivity contribution in [3.05, 3.63) is 0 Å². The van der Waals surface area contributed by atoms with Crippen LogP contribution in [0.2, 0.25) is 0 Å². The van der Waals surface area contributed by atoms with E-state index in [1.54, 1.807) is 0 Å². The first-order valence-corrected chi connectivity index (χ1v) is 24.9. The van der Waals surface area contributed by atoms with Crippen LogP contribution in [0.4, 0.5) is 4.79 Å². The summed E-state index contributed by atoms with van der Waals surface area (Å²) in [4.78, 5) is 42.6. The molecule has 0 aliphatic carbocycles. The van der Waals surface area contributed by atoms with Crippen LogP contribution in [0.5, 0.6) is 0 Å². The Morgan fingerprint density at radius 2 is 0.810 bits per heavy atom. The first-order valence-electron chi connectivity index (χ1n) is 24.9. The summed E-state index contributed by atoms with van der Waals surface area (Å²) < 4.78 is 22.9. The Balaban J connectivity index is 4.82. The lowest BCUT2D eigenvalue weighted by atomic mass is 9.95. The van der Waals surface area contributed by atoms with E-state index in [0.717, 1.165) is 90.4 Å². The van der Waals surface area contributed by atoms with Crippen LogP contribution in [0.1, 0.15) is 228 Å². The Morgan fingerprint density at radius 3 is 1.34 bits per heavy atom. The zero-order valence-corrected chi connectivity index (χ0v) is 39.3. The molecule has 2 atom stereocenters. The summed E-state index contributed by atoms with van der Waals surface area (Å²) in [5.41, 5.74) is 0. The standard InChI is InChI=1S/C49H96N2O7/c1-7-13-17-21-23-25-29-36-47(52)55-42-40-51(39-38-50(11-5)12-6)41-43-56-49(54)58-46(34-28-20-16-10-4)35-30-31-37-48(53)57-44-45(32-26-19-15-9-3)33-27-24-22-18-14-8-2/h45-46H,7-44H2,1-6H3. The largest absolute Gasteiger partial charge is 0.508 e. The molecule has 0 rings (SSSR count). The van der Waals surface area contributed by atoms with E-state index in [2.05, 4.69) is 51.3 Å². The maximum atomic E-state index is 12.9. The highest BCUT2D eigenvalue weighted by Crippen LogP contribution is 2.21. The van der Waals surface area contributed by atoms with Crippen LogP contribution in [-0.2, 0) is 28.5 Å². The smallest absolute Gasteiger partial charge is 0.465 e. The molecule has 0 aromatic carbocycles. The molecule has 0 amide bonds. The minimum Gasteiger partial charge on any atom is -0.465 e. The summed E-state index contributed by atoms with van der Waals surface area (Å²) in [7, 11) is 0. The molecule has 2 unspecified atom stereocenters. The van der Waals surface area contributed by atoms with Gasteiger partial charge in [0.1, 0.15) is 19.3 Å². The Labute approximate surface area is 359 Å². The molecule has 0 heterocycles. The molecule has 9 nitrogen and oxygen atoms in total. The predicted octanol–water partition coefficient (Wildman–Crippen LogP) is 13.2. The summed E-state index contributed by atoms with van der Waals surface area (Å²) in [6.07, 6.45) is 30.8. The zero-order chi connectivity index (χ0) is 42.7. The molecule has 344 valence electrons. The third-order valence-electron chi connectivity index (χ3n) is 11.6. The van der Waals surface area contributed by atoms with Crippen molar-refractivity contribution in [1.29, 1.82) is 0 Å². The Hall–Kier alpha value is -1.87. The van der Waals surface area contributed by atoms with Gasteiger partial charge in [-0.1, -0.05) is 164 Å². The lowest BCUT2D eigenvalue weighted by molar-refractivity contribution is -0.145. The molecule has 0 saturated heterocycles. The van der Waals surface area contributed by atoms with Gasteiger partial charge in [-0.2, -0.15) is 0 Å². The van der Waals surface area contributed by atoms with Gasteiger partial charge in [-0.05, 0) is 70.4 Å². The first kappa shape index (κ1) is 56.1. The fourth-order valence-corrected chi connectivity index (χ4v) is 7.54. The Bertz CT molecular complexity index is 915. The topological polar surface area (TPSA) is 94.6 Å². The summed E-state index contributed by atoms with van der Waals surface area (Å²) in [6.45, 7) is 19.1. The van der Waals surface area contributed by atoms with E-state index in [0.29, 0.717) is 51.5 Å². The molecule has 0 aliphatic heterocycles. The number of rotatable bonds is 44. The van der Waals surface area contributed by atoms with Gasteiger partial charge in [0.05, 0.1) is 6.61 Å².